The highest BCUT2D eigenvalue weighted by Gasteiger charge is 2.32. The van der Waals surface area contributed by atoms with Gasteiger partial charge in [-0.05, 0) is 50.7 Å². The zero-order chi connectivity index (χ0) is 19.0. The molecule has 4 nitrogen and oxygen atoms in total. The summed E-state index contributed by atoms with van der Waals surface area (Å²) in [5.41, 5.74) is 1.82. The van der Waals surface area contributed by atoms with E-state index < -0.39 is 0 Å². The van der Waals surface area contributed by atoms with Gasteiger partial charge in [-0.2, -0.15) is 0 Å². The number of fused-ring (bicyclic) bond motifs is 1. The van der Waals surface area contributed by atoms with Crippen molar-refractivity contribution < 1.29 is 9.18 Å². The van der Waals surface area contributed by atoms with Gasteiger partial charge < -0.3 is 9.47 Å². The molecule has 0 unspecified atom stereocenters. The van der Waals surface area contributed by atoms with E-state index in [2.05, 4.69) is 23.3 Å². The summed E-state index contributed by atoms with van der Waals surface area (Å²) in [6.45, 7) is 5.82. The zero-order valence-electron chi connectivity index (χ0n) is 16.5. The van der Waals surface area contributed by atoms with Crippen LogP contribution in [0.1, 0.15) is 76.6 Å². The summed E-state index contributed by atoms with van der Waals surface area (Å²) in [7, 11) is 0. The van der Waals surface area contributed by atoms with E-state index in [4.69, 9.17) is 4.98 Å². The van der Waals surface area contributed by atoms with Crippen molar-refractivity contribution in [2.45, 2.75) is 70.8 Å². The van der Waals surface area contributed by atoms with Gasteiger partial charge in [-0.3, -0.25) is 4.79 Å². The fourth-order valence-corrected chi connectivity index (χ4v) is 4.67. The topological polar surface area (TPSA) is 38.1 Å². The number of benzene rings is 1. The maximum absolute atomic E-state index is 13.7. The summed E-state index contributed by atoms with van der Waals surface area (Å²) in [6.07, 6.45) is 7.35. The van der Waals surface area contributed by atoms with Crippen molar-refractivity contribution >= 4 is 16.9 Å². The fraction of sp³-hybridized carbons (Fsp3) is 0.636. The highest BCUT2D eigenvalue weighted by molar-refractivity contribution is 5.79. The van der Waals surface area contributed by atoms with E-state index in [1.165, 1.54) is 25.3 Å². The number of hydrogen-bond acceptors (Lipinski definition) is 2. The van der Waals surface area contributed by atoms with Crippen molar-refractivity contribution in [2.75, 3.05) is 13.1 Å². The van der Waals surface area contributed by atoms with Crippen molar-refractivity contribution in [1.82, 2.24) is 14.5 Å². The SMILES string of the molecule is CCC(CC)C(=O)N1CCC(n2c(C3CCC3)nc3cc(F)ccc32)CC1. The van der Waals surface area contributed by atoms with Crippen molar-refractivity contribution in [3.8, 4) is 0 Å². The molecule has 1 aliphatic carbocycles. The molecule has 1 saturated heterocycles. The summed E-state index contributed by atoms with van der Waals surface area (Å²) in [5, 5.41) is 0. The molecule has 1 amide bonds. The number of hydrogen-bond donors (Lipinski definition) is 0. The Hall–Kier alpha value is -1.91. The van der Waals surface area contributed by atoms with Crippen LogP contribution in [-0.4, -0.2) is 33.4 Å². The third kappa shape index (κ3) is 3.37. The fourth-order valence-electron chi connectivity index (χ4n) is 4.67. The van der Waals surface area contributed by atoms with Gasteiger partial charge in [0, 0.05) is 37.0 Å². The van der Waals surface area contributed by atoms with Crippen LogP contribution in [0.25, 0.3) is 11.0 Å². The standard InChI is InChI=1S/C22H30FN3O/c1-3-15(4-2)22(27)25-12-10-18(11-13-25)26-20-9-8-17(23)14-19(20)24-21(26)16-6-5-7-16/h8-9,14-16,18H,3-7,10-13H2,1-2H3. The molecule has 2 aliphatic rings. The summed E-state index contributed by atoms with van der Waals surface area (Å²) < 4.78 is 16.1. The van der Waals surface area contributed by atoms with E-state index >= 15 is 0 Å². The van der Waals surface area contributed by atoms with Crippen molar-refractivity contribution in [1.29, 1.82) is 0 Å². The zero-order valence-corrected chi connectivity index (χ0v) is 16.5. The average Bonchev–Trinajstić information content (AvgIpc) is 2.99. The molecule has 1 saturated carbocycles. The van der Waals surface area contributed by atoms with E-state index in [0.29, 0.717) is 17.9 Å². The molecule has 0 atom stereocenters. The number of rotatable bonds is 5. The Bertz CT molecular complexity index is 814. The van der Waals surface area contributed by atoms with Crippen molar-refractivity contribution in [2.24, 2.45) is 5.92 Å². The van der Waals surface area contributed by atoms with Crippen LogP contribution in [0.3, 0.4) is 0 Å². The molecule has 1 aromatic heterocycles. The number of aromatic nitrogens is 2. The average molecular weight is 372 g/mol. The summed E-state index contributed by atoms with van der Waals surface area (Å²) >= 11 is 0. The number of carbonyl (C=O) groups excluding carboxylic acids is 1. The number of amides is 1. The highest BCUT2D eigenvalue weighted by Crippen LogP contribution is 2.40. The van der Waals surface area contributed by atoms with E-state index in [0.717, 1.165) is 55.6 Å². The molecule has 4 rings (SSSR count). The van der Waals surface area contributed by atoms with E-state index in [9.17, 15) is 9.18 Å². The maximum atomic E-state index is 13.7. The van der Waals surface area contributed by atoms with Crippen LogP contribution in [0.5, 0.6) is 0 Å². The van der Waals surface area contributed by atoms with Gasteiger partial charge in [0.15, 0.2) is 0 Å². The number of likely N-dealkylation sites (tertiary alicyclic amines) is 1. The van der Waals surface area contributed by atoms with Gasteiger partial charge in [0.25, 0.3) is 0 Å². The number of halogens is 1. The van der Waals surface area contributed by atoms with Crippen LogP contribution in [-0.2, 0) is 4.79 Å². The van der Waals surface area contributed by atoms with Crippen LogP contribution < -0.4 is 0 Å². The Morgan fingerprint density at radius 1 is 1.19 bits per heavy atom. The molecule has 0 bridgehead atoms. The quantitative estimate of drug-likeness (QED) is 0.738. The second kappa shape index (κ2) is 7.61. The van der Waals surface area contributed by atoms with Crippen LogP contribution in [0.4, 0.5) is 4.39 Å². The Labute approximate surface area is 160 Å². The highest BCUT2D eigenvalue weighted by atomic mass is 19.1. The van der Waals surface area contributed by atoms with Gasteiger partial charge in [-0.25, -0.2) is 9.37 Å². The monoisotopic (exact) mass is 371 g/mol. The third-order valence-corrected chi connectivity index (χ3v) is 6.63. The van der Waals surface area contributed by atoms with E-state index in [1.54, 1.807) is 6.07 Å². The lowest BCUT2D eigenvalue weighted by Crippen LogP contribution is -2.42. The Balaban J connectivity index is 1.57. The van der Waals surface area contributed by atoms with Gasteiger partial charge >= 0.3 is 0 Å². The number of nitrogens with zero attached hydrogens (tertiary/aromatic N) is 3. The normalized spacial score (nSPS) is 19.0. The molecule has 27 heavy (non-hydrogen) atoms. The summed E-state index contributed by atoms with van der Waals surface area (Å²) in [4.78, 5) is 19.6. The molecule has 2 fully saturated rings. The largest absolute Gasteiger partial charge is 0.342 e. The third-order valence-electron chi connectivity index (χ3n) is 6.63. The van der Waals surface area contributed by atoms with Gasteiger partial charge in [0.2, 0.25) is 5.91 Å². The first-order valence-electron chi connectivity index (χ1n) is 10.6. The molecule has 1 aliphatic heterocycles. The second-order valence-corrected chi connectivity index (χ2v) is 8.17. The predicted octanol–water partition coefficient (Wildman–Crippen LogP) is 5.04. The Kier molecular flexibility index (Phi) is 5.20. The smallest absolute Gasteiger partial charge is 0.225 e. The Morgan fingerprint density at radius 3 is 2.48 bits per heavy atom. The van der Waals surface area contributed by atoms with E-state index in [1.807, 2.05) is 6.07 Å². The molecule has 0 radical (unpaired) electrons. The van der Waals surface area contributed by atoms with Gasteiger partial charge in [0.05, 0.1) is 11.0 Å². The predicted molar refractivity (Wildman–Crippen MR) is 105 cm³/mol. The molecular formula is C22H30FN3O. The lowest BCUT2D eigenvalue weighted by Gasteiger charge is -2.36. The van der Waals surface area contributed by atoms with E-state index in [-0.39, 0.29) is 11.7 Å². The molecule has 0 N–H and O–H groups in total. The molecule has 2 heterocycles. The van der Waals surface area contributed by atoms with Crippen molar-refractivity contribution in [3.05, 3.63) is 29.8 Å². The first-order valence-corrected chi connectivity index (χ1v) is 10.6. The maximum Gasteiger partial charge on any atom is 0.225 e. The first kappa shape index (κ1) is 18.5. The number of carbonyl (C=O) groups is 1. The second-order valence-electron chi connectivity index (χ2n) is 8.17. The lowest BCUT2D eigenvalue weighted by atomic mass is 9.84. The number of imidazole rings is 1. The molecule has 1 aromatic carbocycles. The molecule has 5 heteroatoms. The molecular weight excluding hydrogens is 341 g/mol. The minimum atomic E-state index is -0.224. The molecule has 0 spiro atoms. The van der Waals surface area contributed by atoms with Crippen LogP contribution in [0.2, 0.25) is 0 Å². The lowest BCUT2D eigenvalue weighted by molar-refractivity contribution is -0.137. The minimum Gasteiger partial charge on any atom is -0.342 e. The van der Waals surface area contributed by atoms with Gasteiger partial charge in [0.1, 0.15) is 11.6 Å². The van der Waals surface area contributed by atoms with Crippen LogP contribution in [0.15, 0.2) is 18.2 Å². The molecule has 2 aromatic rings. The van der Waals surface area contributed by atoms with Gasteiger partial charge in [-0.15, -0.1) is 0 Å². The van der Waals surface area contributed by atoms with Crippen LogP contribution in [0, 0.1) is 11.7 Å². The summed E-state index contributed by atoms with van der Waals surface area (Å²) in [6, 6.07) is 5.32. The molecule has 146 valence electrons. The Morgan fingerprint density at radius 2 is 1.89 bits per heavy atom. The van der Waals surface area contributed by atoms with Crippen LogP contribution >= 0.6 is 0 Å². The van der Waals surface area contributed by atoms with Gasteiger partial charge in [-0.1, -0.05) is 20.3 Å². The first-order chi connectivity index (χ1) is 13.1. The number of piperidine rings is 1. The summed E-state index contributed by atoms with van der Waals surface area (Å²) in [5.74, 6) is 1.88. The van der Waals surface area contributed by atoms with Crippen molar-refractivity contribution in [3.63, 3.8) is 0 Å². The minimum absolute atomic E-state index is 0.157.